The van der Waals surface area contributed by atoms with Gasteiger partial charge >= 0.3 is 0 Å². The minimum Gasteiger partial charge on any atom is -0.497 e. The zero-order valence-corrected chi connectivity index (χ0v) is 22.3. The average Bonchev–Trinajstić information content (AvgIpc) is 3.58. The van der Waals surface area contributed by atoms with Crippen LogP contribution in [0.15, 0.2) is 71.4 Å². The van der Waals surface area contributed by atoms with Gasteiger partial charge in [0.1, 0.15) is 18.1 Å². The van der Waals surface area contributed by atoms with Gasteiger partial charge in [-0.05, 0) is 53.1 Å². The van der Waals surface area contributed by atoms with Crippen LogP contribution >= 0.6 is 23.1 Å². The minimum absolute atomic E-state index is 0.0706. The second-order valence-electron chi connectivity index (χ2n) is 8.64. The zero-order chi connectivity index (χ0) is 25.8. The summed E-state index contributed by atoms with van der Waals surface area (Å²) < 4.78 is 7.16. The van der Waals surface area contributed by atoms with E-state index in [-0.39, 0.29) is 29.4 Å². The topological polar surface area (TPSA) is 76.5 Å². The van der Waals surface area contributed by atoms with Gasteiger partial charge in [0.2, 0.25) is 11.8 Å². The van der Waals surface area contributed by atoms with Gasteiger partial charge in [-0.2, -0.15) is 16.4 Å². The van der Waals surface area contributed by atoms with E-state index in [1.807, 2.05) is 66.9 Å². The Morgan fingerprint density at radius 3 is 2.59 bits per heavy atom. The quantitative estimate of drug-likeness (QED) is 0.333. The molecule has 37 heavy (non-hydrogen) atoms. The number of benzene rings is 2. The molecule has 2 amide bonds. The maximum absolute atomic E-state index is 13.6. The van der Waals surface area contributed by atoms with Crippen molar-refractivity contribution in [2.24, 2.45) is 0 Å². The second-order valence-corrected chi connectivity index (χ2v) is 10.5. The molecular formula is C28H28N4O3S2. The minimum atomic E-state index is -0.191. The number of nitrogens with one attached hydrogen (secondary N) is 1. The molecule has 0 radical (unpaired) electrons. The lowest BCUT2D eigenvalue weighted by molar-refractivity contribution is -0.122. The summed E-state index contributed by atoms with van der Waals surface area (Å²) >= 11 is 3.20. The number of ether oxygens (including phenoxy) is 1. The summed E-state index contributed by atoms with van der Waals surface area (Å²) in [5.74, 6) is 1.30. The molecule has 9 heteroatoms. The third-order valence-corrected chi connectivity index (χ3v) is 8.13. The molecule has 1 aliphatic rings. The van der Waals surface area contributed by atoms with E-state index in [1.165, 1.54) is 0 Å². The number of aromatic nitrogens is 2. The number of fused-ring (bicyclic) bond motifs is 1. The number of thioether (sulfide) groups is 1. The van der Waals surface area contributed by atoms with Gasteiger partial charge in [-0.15, -0.1) is 11.8 Å². The van der Waals surface area contributed by atoms with Crippen molar-refractivity contribution in [2.45, 2.75) is 18.6 Å². The molecular weight excluding hydrogens is 504 g/mol. The number of anilines is 1. The van der Waals surface area contributed by atoms with Crippen molar-refractivity contribution < 1.29 is 14.3 Å². The molecule has 0 bridgehead atoms. The van der Waals surface area contributed by atoms with Crippen LogP contribution in [0.1, 0.15) is 29.7 Å². The number of amides is 2. The Hall–Kier alpha value is -3.56. The summed E-state index contributed by atoms with van der Waals surface area (Å²) in [6.45, 7) is 2.49. The van der Waals surface area contributed by atoms with Crippen molar-refractivity contribution >= 4 is 40.7 Å². The highest BCUT2D eigenvalue weighted by Gasteiger charge is 2.37. The van der Waals surface area contributed by atoms with E-state index in [2.05, 4.69) is 16.8 Å². The highest BCUT2D eigenvalue weighted by atomic mass is 32.2. The Balaban J connectivity index is 1.76. The van der Waals surface area contributed by atoms with Crippen molar-refractivity contribution in [1.29, 1.82) is 0 Å². The third kappa shape index (κ3) is 5.14. The maximum Gasteiger partial charge on any atom is 0.240 e. The number of hydrogen-bond acceptors (Lipinski definition) is 6. The van der Waals surface area contributed by atoms with Crippen LogP contribution in [0.25, 0.3) is 16.9 Å². The van der Waals surface area contributed by atoms with Crippen LogP contribution in [-0.4, -0.2) is 47.5 Å². The van der Waals surface area contributed by atoms with Crippen LogP contribution in [-0.2, 0) is 9.59 Å². The lowest BCUT2D eigenvalue weighted by atomic mass is 10.0. The molecule has 1 aliphatic heterocycles. The van der Waals surface area contributed by atoms with E-state index in [9.17, 15) is 9.59 Å². The standard InChI is InChI=1S/C28H28N4O3S2/c1-3-14-29-23(33)16-31-24(34)18-37-27(20-13-15-36-17-20)25-26(19-7-5-4-6-8-19)30-32(28(25)31)21-9-11-22(35-2)12-10-21/h4-13,15,17,27H,3,14,16,18H2,1-2H3,(H,29,33)/t27-/m1/s1. The van der Waals surface area contributed by atoms with Gasteiger partial charge in [-0.1, -0.05) is 37.3 Å². The number of carbonyl (C=O) groups is 2. The second kappa shape index (κ2) is 11.2. The van der Waals surface area contributed by atoms with Gasteiger partial charge in [0, 0.05) is 17.7 Å². The van der Waals surface area contributed by atoms with Crippen LogP contribution in [0.5, 0.6) is 5.75 Å². The fourth-order valence-electron chi connectivity index (χ4n) is 4.38. The van der Waals surface area contributed by atoms with Gasteiger partial charge < -0.3 is 10.1 Å². The molecule has 2 aromatic heterocycles. The van der Waals surface area contributed by atoms with Crippen LogP contribution in [0.2, 0.25) is 0 Å². The van der Waals surface area contributed by atoms with E-state index < -0.39 is 0 Å². The first-order valence-corrected chi connectivity index (χ1v) is 14.1. The molecule has 3 heterocycles. The highest BCUT2D eigenvalue weighted by Crippen LogP contribution is 2.48. The lowest BCUT2D eigenvalue weighted by Crippen LogP contribution is -2.42. The average molecular weight is 533 g/mol. The molecule has 1 atom stereocenters. The van der Waals surface area contributed by atoms with Crippen molar-refractivity contribution in [3.05, 3.63) is 82.6 Å². The number of hydrogen-bond donors (Lipinski definition) is 1. The van der Waals surface area contributed by atoms with E-state index in [4.69, 9.17) is 9.84 Å². The van der Waals surface area contributed by atoms with E-state index in [1.54, 1.807) is 39.8 Å². The first kappa shape index (κ1) is 25.1. The van der Waals surface area contributed by atoms with Crippen LogP contribution in [0.3, 0.4) is 0 Å². The maximum atomic E-state index is 13.6. The zero-order valence-electron chi connectivity index (χ0n) is 20.7. The number of carbonyl (C=O) groups excluding carboxylic acids is 2. The SMILES string of the molecule is CCCNC(=O)CN1C(=O)CS[C@H](c2ccsc2)c2c(-c3ccccc3)nn(-c3ccc(OC)cc3)c21. The lowest BCUT2D eigenvalue weighted by Gasteiger charge is -2.23. The Labute approximate surface area is 224 Å². The normalized spacial score (nSPS) is 15.2. The number of methoxy groups -OCH3 is 1. The fourth-order valence-corrected chi connectivity index (χ4v) is 6.34. The molecule has 0 aliphatic carbocycles. The van der Waals surface area contributed by atoms with Gasteiger partial charge in [0.25, 0.3) is 0 Å². The van der Waals surface area contributed by atoms with E-state index >= 15 is 0 Å². The highest BCUT2D eigenvalue weighted by molar-refractivity contribution is 8.00. The molecule has 5 rings (SSSR count). The number of rotatable bonds is 8. The fraction of sp³-hybridized carbons (Fsp3) is 0.250. The van der Waals surface area contributed by atoms with Crippen molar-refractivity contribution in [1.82, 2.24) is 15.1 Å². The monoisotopic (exact) mass is 532 g/mol. The summed E-state index contributed by atoms with van der Waals surface area (Å²) in [4.78, 5) is 28.1. The van der Waals surface area contributed by atoms with Gasteiger partial charge in [0.05, 0.1) is 29.5 Å². The molecule has 7 nitrogen and oxygen atoms in total. The molecule has 4 aromatic rings. The number of nitrogens with zero attached hydrogens (tertiary/aromatic N) is 3. The summed E-state index contributed by atoms with van der Waals surface area (Å²) in [6.07, 6.45) is 0.822. The molecule has 0 spiro atoms. The predicted octanol–water partition coefficient (Wildman–Crippen LogP) is 5.30. The van der Waals surface area contributed by atoms with Gasteiger partial charge in [-0.25, -0.2) is 4.68 Å². The molecule has 0 unspecified atom stereocenters. The Bertz CT molecular complexity index is 1370. The molecule has 1 N–H and O–H groups in total. The van der Waals surface area contributed by atoms with Crippen LogP contribution in [0.4, 0.5) is 5.82 Å². The molecule has 190 valence electrons. The largest absolute Gasteiger partial charge is 0.497 e. The number of thiophene rings is 1. The van der Waals surface area contributed by atoms with Gasteiger partial charge in [0.15, 0.2) is 0 Å². The smallest absolute Gasteiger partial charge is 0.240 e. The Morgan fingerprint density at radius 1 is 1.14 bits per heavy atom. The van der Waals surface area contributed by atoms with E-state index in [0.29, 0.717) is 12.4 Å². The first-order chi connectivity index (χ1) is 18.1. The third-order valence-electron chi connectivity index (χ3n) is 6.17. The van der Waals surface area contributed by atoms with Crippen molar-refractivity contribution in [2.75, 3.05) is 30.9 Å². The molecule has 0 fully saturated rings. The summed E-state index contributed by atoms with van der Waals surface area (Å²) in [5, 5.41) is 12.1. The van der Waals surface area contributed by atoms with E-state index in [0.717, 1.165) is 40.2 Å². The molecule has 2 aromatic carbocycles. The molecule has 0 saturated carbocycles. The summed E-state index contributed by atoms with van der Waals surface area (Å²) in [6, 6.07) is 19.7. The summed E-state index contributed by atoms with van der Waals surface area (Å²) in [7, 11) is 1.63. The molecule has 0 saturated heterocycles. The first-order valence-electron chi connectivity index (χ1n) is 12.1. The van der Waals surface area contributed by atoms with Gasteiger partial charge in [-0.3, -0.25) is 14.5 Å². The summed E-state index contributed by atoms with van der Waals surface area (Å²) in [5.41, 5.74) is 4.58. The Morgan fingerprint density at radius 2 is 1.92 bits per heavy atom. The predicted molar refractivity (Wildman–Crippen MR) is 150 cm³/mol. The van der Waals surface area contributed by atoms with Crippen molar-refractivity contribution in [3.8, 4) is 22.7 Å². The Kier molecular flexibility index (Phi) is 7.62. The van der Waals surface area contributed by atoms with Crippen molar-refractivity contribution in [3.63, 3.8) is 0 Å². The van der Waals surface area contributed by atoms with Crippen LogP contribution in [0, 0.1) is 0 Å². The van der Waals surface area contributed by atoms with Crippen LogP contribution < -0.4 is 15.0 Å².